The van der Waals surface area contributed by atoms with Crippen LogP contribution in [-0.2, 0) is 4.79 Å². The van der Waals surface area contributed by atoms with Crippen molar-refractivity contribution in [2.75, 3.05) is 18.0 Å². The zero-order valence-corrected chi connectivity index (χ0v) is 11.9. The quantitative estimate of drug-likeness (QED) is 0.889. The average Bonchev–Trinajstić information content (AvgIpc) is 2.67. The maximum Gasteiger partial charge on any atom is 0.285 e. The number of nitrogens with zero attached hydrogens (tertiary/aromatic N) is 3. The standard InChI is InChI=1S/C9H11BrF2N4OS/c1-5(17)13-6-2-3-16(4-9(6,11)12)8-15-14-7(10)18-8/h6H,2-4H2,1H3,(H,13,17)/t6-/m1/s1. The highest BCUT2D eigenvalue weighted by Crippen LogP contribution is 2.32. The summed E-state index contributed by atoms with van der Waals surface area (Å²) in [7, 11) is 0. The third-order valence-corrected chi connectivity index (χ3v) is 4.05. The summed E-state index contributed by atoms with van der Waals surface area (Å²) in [5, 5.41) is 10.3. The van der Waals surface area contributed by atoms with Crippen LogP contribution in [0.2, 0.25) is 0 Å². The van der Waals surface area contributed by atoms with Crippen LogP contribution in [0.4, 0.5) is 13.9 Å². The van der Waals surface area contributed by atoms with Crippen molar-refractivity contribution in [3.05, 3.63) is 3.92 Å². The van der Waals surface area contributed by atoms with Gasteiger partial charge in [0.2, 0.25) is 11.0 Å². The first-order valence-electron chi connectivity index (χ1n) is 5.27. The first-order chi connectivity index (χ1) is 8.38. The SMILES string of the molecule is CC(=O)N[C@@H]1CCN(c2nnc(Br)s2)CC1(F)F. The molecular formula is C9H11BrF2N4OS. The van der Waals surface area contributed by atoms with Gasteiger partial charge in [-0.05, 0) is 22.4 Å². The summed E-state index contributed by atoms with van der Waals surface area (Å²) in [6, 6.07) is -1.11. The van der Waals surface area contributed by atoms with Crippen molar-refractivity contribution in [1.82, 2.24) is 15.5 Å². The van der Waals surface area contributed by atoms with Gasteiger partial charge in [0.05, 0.1) is 12.6 Å². The fourth-order valence-electron chi connectivity index (χ4n) is 1.85. The Kier molecular flexibility index (Phi) is 3.81. The van der Waals surface area contributed by atoms with Gasteiger partial charge in [-0.1, -0.05) is 11.3 Å². The number of carbonyl (C=O) groups excluding carboxylic acids is 1. The van der Waals surface area contributed by atoms with Crippen LogP contribution in [-0.4, -0.2) is 41.2 Å². The maximum absolute atomic E-state index is 13.9. The van der Waals surface area contributed by atoms with Crippen molar-refractivity contribution in [1.29, 1.82) is 0 Å². The van der Waals surface area contributed by atoms with Gasteiger partial charge in [-0.15, -0.1) is 10.2 Å². The Morgan fingerprint density at radius 2 is 2.33 bits per heavy atom. The second kappa shape index (κ2) is 5.04. The molecule has 0 saturated carbocycles. The minimum atomic E-state index is -2.97. The lowest BCUT2D eigenvalue weighted by Crippen LogP contribution is -2.58. The molecule has 1 aliphatic rings. The van der Waals surface area contributed by atoms with Crippen LogP contribution in [0, 0.1) is 0 Å². The molecule has 1 saturated heterocycles. The summed E-state index contributed by atoms with van der Waals surface area (Å²) < 4.78 is 28.3. The number of amides is 1. The number of carbonyl (C=O) groups is 1. The van der Waals surface area contributed by atoms with E-state index >= 15 is 0 Å². The predicted octanol–water partition coefficient (Wildman–Crippen LogP) is 1.65. The number of piperidine rings is 1. The van der Waals surface area contributed by atoms with Crippen LogP contribution in [0.15, 0.2) is 3.92 Å². The number of alkyl halides is 2. The Labute approximate surface area is 115 Å². The van der Waals surface area contributed by atoms with Crippen molar-refractivity contribution in [3.63, 3.8) is 0 Å². The molecular weight excluding hydrogens is 330 g/mol. The second-order valence-corrected chi connectivity index (χ2v) is 6.29. The fraction of sp³-hybridized carbons (Fsp3) is 0.667. The molecule has 2 heterocycles. The van der Waals surface area contributed by atoms with E-state index in [0.717, 1.165) is 0 Å². The van der Waals surface area contributed by atoms with E-state index in [1.54, 1.807) is 0 Å². The largest absolute Gasteiger partial charge is 0.347 e. The molecule has 0 aromatic carbocycles. The summed E-state index contributed by atoms with van der Waals surface area (Å²) in [5.74, 6) is -3.41. The van der Waals surface area contributed by atoms with Crippen molar-refractivity contribution in [3.8, 4) is 0 Å². The molecule has 5 nitrogen and oxygen atoms in total. The molecule has 18 heavy (non-hydrogen) atoms. The molecule has 0 spiro atoms. The lowest BCUT2D eigenvalue weighted by molar-refractivity contribution is -0.124. The summed E-state index contributed by atoms with van der Waals surface area (Å²) in [6.07, 6.45) is 0.184. The van der Waals surface area contributed by atoms with Crippen LogP contribution < -0.4 is 10.2 Å². The van der Waals surface area contributed by atoms with E-state index in [9.17, 15) is 13.6 Å². The Morgan fingerprint density at radius 3 is 2.83 bits per heavy atom. The highest BCUT2D eigenvalue weighted by atomic mass is 79.9. The highest BCUT2D eigenvalue weighted by molar-refractivity contribution is 9.11. The van der Waals surface area contributed by atoms with Gasteiger partial charge in [-0.3, -0.25) is 4.79 Å². The lowest BCUT2D eigenvalue weighted by Gasteiger charge is -2.38. The van der Waals surface area contributed by atoms with Gasteiger partial charge in [0.1, 0.15) is 0 Å². The van der Waals surface area contributed by atoms with E-state index in [1.807, 2.05) is 0 Å². The number of halogens is 3. The highest BCUT2D eigenvalue weighted by Gasteiger charge is 2.45. The molecule has 0 aliphatic carbocycles. The zero-order valence-electron chi connectivity index (χ0n) is 9.49. The molecule has 1 N–H and O–H groups in total. The number of anilines is 1. The lowest BCUT2D eigenvalue weighted by atomic mass is 10.0. The molecule has 0 bridgehead atoms. The van der Waals surface area contributed by atoms with Gasteiger partial charge in [-0.2, -0.15) is 0 Å². The van der Waals surface area contributed by atoms with Gasteiger partial charge >= 0.3 is 0 Å². The number of aromatic nitrogens is 2. The topological polar surface area (TPSA) is 58.1 Å². The van der Waals surface area contributed by atoms with E-state index in [2.05, 4.69) is 31.4 Å². The van der Waals surface area contributed by atoms with Crippen LogP contribution in [0.1, 0.15) is 13.3 Å². The summed E-state index contributed by atoms with van der Waals surface area (Å²) >= 11 is 4.36. The summed E-state index contributed by atoms with van der Waals surface area (Å²) in [6.45, 7) is 1.20. The summed E-state index contributed by atoms with van der Waals surface area (Å²) in [4.78, 5) is 12.4. The van der Waals surface area contributed by atoms with E-state index in [4.69, 9.17) is 0 Å². The van der Waals surface area contributed by atoms with Crippen molar-refractivity contribution in [2.24, 2.45) is 0 Å². The van der Waals surface area contributed by atoms with Crippen LogP contribution >= 0.6 is 27.3 Å². The molecule has 1 aromatic rings. The Morgan fingerprint density at radius 1 is 1.61 bits per heavy atom. The normalized spacial score (nSPS) is 22.9. The molecule has 1 aliphatic heterocycles. The third kappa shape index (κ3) is 2.94. The third-order valence-electron chi connectivity index (χ3n) is 2.64. The second-order valence-electron chi connectivity index (χ2n) is 4.06. The number of rotatable bonds is 2. The smallest absolute Gasteiger partial charge is 0.285 e. The molecule has 100 valence electrons. The van der Waals surface area contributed by atoms with Gasteiger partial charge in [0.15, 0.2) is 3.92 Å². The van der Waals surface area contributed by atoms with Crippen molar-refractivity contribution < 1.29 is 13.6 Å². The van der Waals surface area contributed by atoms with Crippen molar-refractivity contribution in [2.45, 2.75) is 25.3 Å². The van der Waals surface area contributed by atoms with Gasteiger partial charge in [-0.25, -0.2) is 8.78 Å². The van der Waals surface area contributed by atoms with E-state index in [1.165, 1.54) is 23.2 Å². The number of hydrogen-bond donors (Lipinski definition) is 1. The molecule has 0 unspecified atom stereocenters. The average molecular weight is 341 g/mol. The number of hydrogen-bond acceptors (Lipinski definition) is 5. The zero-order chi connectivity index (χ0) is 13.3. The molecule has 0 radical (unpaired) electrons. The predicted molar refractivity (Wildman–Crippen MR) is 67.0 cm³/mol. The van der Waals surface area contributed by atoms with Crippen LogP contribution in [0.3, 0.4) is 0 Å². The van der Waals surface area contributed by atoms with Crippen LogP contribution in [0.25, 0.3) is 0 Å². The molecule has 1 fully saturated rings. The Balaban J connectivity index is 2.07. The van der Waals surface area contributed by atoms with Gasteiger partial charge < -0.3 is 10.2 Å². The minimum Gasteiger partial charge on any atom is -0.347 e. The Hall–Kier alpha value is -0.830. The molecule has 1 amide bonds. The summed E-state index contributed by atoms with van der Waals surface area (Å²) in [5.41, 5.74) is 0. The number of nitrogens with one attached hydrogen (secondary N) is 1. The van der Waals surface area contributed by atoms with Gasteiger partial charge in [0, 0.05) is 13.5 Å². The van der Waals surface area contributed by atoms with E-state index < -0.39 is 24.4 Å². The monoisotopic (exact) mass is 340 g/mol. The maximum atomic E-state index is 13.9. The van der Waals surface area contributed by atoms with Crippen molar-refractivity contribution >= 4 is 38.3 Å². The molecule has 1 aromatic heterocycles. The molecule has 2 rings (SSSR count). The minimum absolute atomic E-state index is 0.184. The van der Waals surface area contributed by atoms with E-state index in [-0.39, 0.29) is 6.42 Å². The first kappa shape index (κ1) is 13.6. The first-order valence-corrected chi connectivity index (χ1v) is 6.88. The van der Waals surface area contributed by atoms with E-state index in [0.29, 0.717) is 15.6 Å². The molecule has 1 atom stereocenters. The fourth-order valence-corrected chi connectivity index (χ4v) is 2.96. The van der Waals surface area contributed by atoms with Gasteiger partial charge in [0.25, 0.3) is 5.92 Å². The van der Waals surface area contributed by atoms with Crippen LogP contribution in [0.5, 0.6) is 0 Å². The molecule has 9 heteroatoms. The Bertz CT molecular complexity index is 456.